The lowest BCUT2D eigenvalue weighted by Crippen LogP contribution is -2.25. The molecule has 0 heterocycles. The molecule has 0 amide bonds. The molecule has 1 atom stereocenters. The third kappa shape index (κ3) is 7.41. The Kier molecular flexibility index (Phi) is 6.14. The van der Waals surface area contributed by atoms with Crippen molar-refractivity contribution in [1.29, 1.82) is 5.26 Å². The summed E-state index contributed by atoms with van der Waals surface area (Å²) in [6.07, 6.45) is 1.16. The van der Waals surface area contributed by atoms with Crippen LogP contribution in [0.25, 0.3) is 0 Å². The number of unbranched alkanes of at least 4 members (excludes halogenated alkanes) is 1. The van der Waals surface area contributed by atoms with Crippen LogP contribution in [0.3, 0.4) is 0 Å². The molecule has 0 radical (unpaired) electrons. The summed E-state index contributed by atoms with van der Waals surface area (Å²) in [5, 5.41) is 19.9. The van der Waals surface area contributed by atoms with Crippen LogP contribution < -0.4 is 5.32 Å². The molecule has 0 bridgehead atoms. The highest BCUT2D eigenvalue weighted by Crippen LogP contribution is 1.83. The molecule has 10 heavy (non-hydrogen) atoms. The van der Waals surface area contributed by atoms with Gasteiger partial charge in [0.25, 0.3) is 0 Å². The predicted octanol–water partition coefficient (Wildman–Crippen LogP) is 0.261. The second-order valence-electron chi connectivity index (χ2n) is 2.31. The van der Waals surface area contributed by atoms with E-state index in [-0.39, 0.29) is 6.10 Å². The molecule has 0 aromatic rings. The van der Waals surface area contributed by atoms with Crippen LogP contribution in [0.5, 0.6) is 0 Å². The van der Waals surface area contributed by atoms with Crippen LogP contribution in [0.15, 0.2) is 0 Å². The smallest absolute Gasteiger partial charge is 0.0636 e. The standard InChI is InChI=1S/C7H14N2O/c1-7(10)6-9-5-3-2-4-8/h7,9-10H,2-3,5-6H2,1H3. The summed E-state index contributed by atoms with van der Waals surface area (Å²) in [6.45, 7) is 3.17. The molecule has 0 saturated carbocycles. The van der Waals surface area contributed by atoms with Crippen molar-refractivity contribution < 1.29 is 5.11 Å². The van der Waals surface area contributed by atoms with E-state index in [1.165, 1.54) is 0 Å². The molecule has 0 aliphatic heterocycles. The van der Waals surface area contributed by atoms with Crippen molar-refractivity contribution in [2.75, 3.05) is 13.1 Å². The Morgan fingerprint density at radius 1 is 1.70 bits per heavy atom. The highest BCUT2D eigenvalue weighted by atomic mass is 16.3. The van der Waals surface area contributed by atoms with Crippen molar-refractivity contribution in [3.05, 3.63) is 0 Å². The van der Waals surface area contributed by atoms with Crippen LogP contribution in [-0.2, 0) is 0 Å². The maximum Gasteiger partial charge on any atom is 0.0636 e. The van der Waals surface area contributed by atoms with Gasteiger partial charge in [-0.25, -0.2) is 0 Å². The zero-order valence-electron chi connectivity index (χ0n) is 6.30. The van der Waals surface area contributed by atoms with E-state index in [4.69, 9.17) is 10.4 Å². The van der Waals surface area contributed by atoms with E-state index in [1.54, 1.807) is 6.92 Å². The van der Waals surface area contributed by atoms with Gasteiger partial charge >= 0.3 is 0 Å². The molecule has 3 nitrogen and oxygen atoms in total. The summed E-state index contributed by atoms with van der Waals surface area (Å²) in [5.74, 6) is 0. The fourth-order valence-corrected chi connectivity index (χ4v) is 0.603. The minimum absolute atomic E-state index is 0.290. The van der Waals surface area contributed by atoms with E-state index in [9.17, 15) is 0 Å². The Morgan fingerprint density at radius 2 is 2.40 bits per heavy atom. The zero-order chi connectivity index (χ0) is 7.82. The first kappa shape index (κ1) is 9.41. The molecular weight excluding hydrogens is 128 g/mol. The molecule has 0 saturated heterocycles. The molecule has 2 N–H and O–H groups in total. The fourth-order valence-electron chi connectivity index (χ4n) is 0.603. The van der Waals surface area contributed by atoms with Crippen molar-refractivity contribution in [2.45, 2.75) is 25.9 Å². The number of aliphatic hydroxyl groups is 1. The van der Waals surface area contributed by atoms with Crippen molar-refractivity contribution >= 4 is 0 Å². The lowest BCUT2D eigenvalue weighted by molar-refractivity contribution is 0.191. The predicted molar refractivity (Wildman–Crippen MR) is 39.4 cm³/mol. The molecule has 0 aromatic heterocycles. The van der Waals surface area contributed by atoms with Gasteiger partial charge in [0.1, 0.15) is 0 Å². The molecular formula is C7H14N2O. The second-order valence-corrected chi connectivity index (χ2v) is 2.31. The minimum atomic E-state index is -0.290. The number of hydrogen-bond donors (Lipinski definition) is 2. The highest BCUT2D eigenvalue weighted by Gasteiger charge is 1.92. The Bertz CT molecular complexity index is 107. The molecule has 0 aromatic carbocycles. The van der Waals surface area contributed by atoms with Gasteiger partial charge in [0.2, 0.25) is 0 Å². The first-order valence-electron chi connectivity index (χ1n) is 3.53. The summed E-state index contributed by atoms with van der Waals surface area (Å²) >= 11 is 0. The van der Waals surface area contributed by atoms with Crippen LogP contribution in [0.1, 0.15) is 19.8 Å². The number of nitrogens with zero attached hydrogens (tertiary/aromatic N) is 1. The lowest BCUT2D eigenvalue weighted by atomic mass is 10.3. The van der Waals surface area contributed by atoms with Gasteiger partial charge in [-0.2, -0.15) is 5.26 Å². The quantitative estimate of drug-likeness (QED) is 0.541. The summed E-state index contributed by atoms with van der Waals surface area (Å²) in [6, 6.07) is 2.05. The normalized spacial score (nSPS) is 12.5. The Balaban J connectivity index is 2.86. The SMILES string of the molecule is CC(O)CNCCCC#N. The minimum Gasteiger partial charge on any atom is -0.392 e. The summed E-state index contributed by atoms with van der Waals surface area (Å²) < 4.78 is 0. The number of rotatable bonds is 5. The first-order valence-corrected chi connectivity index (χ1v) is 3.53. The van der Waals surface area contributed by atoms with Gasteiger partial charge < -0.3 is 10.4 Å². The van der Waals surface area contributed by atoms with Gasteiger partial charge in [-0.15, -0.1) is 0 Å². The summed E-state index contributed by atoms with van der Waals surface area (Å²) in [5.41, 5.74) is 0. The number of aliphatic hydroxyl groups excluding tert-OH is 1. The largest absolute Gasteiger partial charge is 0.392 e. The van der Waals surface area contributed by atoms with Crippen LogP contribution in [-0.4, -0.2) is 24.3 Å². The monoisotopic (exact) mass is 142 g/mol. The van der Waals surface area contributed by atoms with Crippen molar-refractivity contribution in [3.8, 4) is 6.07 Å². The van der Waals surface area contributed by atoms with Crippen molar-refractivity contribution in [1.82, 2.24) is 5.32 Å². The Labute approximate surface area is 61.7 Å². The maximum absolute atomic E-state index is 8.78. The van der Waals surface area contributed by atoms with Crippen molar-refractivity contribution in [3.63, 3.8) is 0 Å². The lowest BCUT2D eigenvalue weighted by Gasteiger charge is -2.04. The third-order valence-electron chi connectivity index (χ3n) is 1.08. The summed E-state index contributed by atoms with van der Waals surface area (Å²) in [7, 11) is 0. The van der Waals surface area contributed by atoms with Crippen molar-refractivity contribution in [2.24, 2.45) is 0 Å². The second kappa shape index (κ2) is 6.53. The van der Waals surface area contributed by atoms with Gasteiger partial charge in [-0.1, -0.05) is 0 Å². The van der Waals surface area contributed by atoms with Gasteiger partial charge in [-0.05, 0) is 19.9 Å². The van der Waals surface area contributed by atoms with Gasteiger partial charge in [-0.3, -0.25) is 0 Å². The Hall–Kier alpha value is -0.590. The van der Waals surface area contributed by atoms with Crippen LogP contribution in [0, 0.1) is 11.3 Å². The topological polar surface area (TPSA) is 56.0 Å². The molecule has 0 aliphatic carbocycles. The van der Waals surface area contributed by atoms with Gasteiger partial charge in [0, 0.05) is 13.0 Å². The number of nitrogens with one attached hydrogen (secondary N) is 1. The molecule has 1 unspecified atom stereocenters. The number of nitriles is 1. The van der Waals surface area contributed by atoms with Crippen LogP contribution >= 0.6 is 0 Å². The average Bonchev–Trinajstić information content (AvgIpc) is 1.87. The molecule has 0 spiro atoms. The molecule has 3 heteroatoms. The fraction of sp³-hybridized carbons (Fsp3) is 0.857. The van der Waals surface area contributed by atoms with E-state index in [0.29, 0.717) is 13.0 Å². The van der Waals surface area contributed by atoms with E-state index in [1.807, 2.05) is 0 Å². The molecule has 0 rings (SSSR count). The van der Waals surface area contributed by atoms with Crippen LogP contribution in [0.4, 0.5) is 0 Å². The zero-order valence-corrected chi connectivity index (χ0v) is 6.30. The summed E-state index contributed by atoms with van der Waals surface area (Å²) in [4.78, 5) is 0. The van der Waals surface area contributed by atoms with E-state index < -0.39 is 0 Å². The van der Waals surface area contributed by atoms with Gasteiger partial charge in [0.05, 0.1) is 12.2 Å². The molecule has 0 aliphatic rings. The first-order chi connectivity index (χ1) is 4.77. The average molecular weight is 142 g/mol. The van der Waals surface area contributed by atoms with Crippen LogP contribution in [0.2, 0.25) is 0 Å². The highest BCUT2D eigenvalue weighted by molar-refractivity contribution is 4.68. The van der Waals surface area contributed by atoms with E-state index in [0.717, 1.165) is 13.0 Å². The van der Waals surface area contributed by atoms with E-state index in [2.05, 4.69) is 11.4 Å². The third-order valence-corrected chi connectivity index (χ3v) is 1.08. The Morgan fingerprint density at radius 3 is 2.90 bits per heavy atom. The number of hydrogen-bond acceptors (Lipinski definition) is 3. The maximum atomic E-state index is 8.78. The van der Waals surface area contributed by atoms with E-state index >= 15 is 0 Å². The molecule has 0 fully saturated rings. The van der Waals surface area contributed by atoms with Gasteiger partial charge in [0.15, 0.2) is 0 Å². The molecule has 58 valence electrons.